The van der Waals surface area contributed by atoms with Crippen LogP contribution in [0.2, 0.25) is 0 Å². The van der Waals surface area contributed by atoms with Crippen LogP contribution in [0.25, 0.3) is 0 Å². The Kier molecular flexibility index (Phi) is 20.1. The average molecular weight is 837 g/mol. The van der Waals surface area contributed by atoms with Gasteiger partial charge in [0.1, 0.15) is 29.8 Å². The van der Waals surface area contributed by atoms with E-state index in [1.54, 1.807) is 74.4 Å². The molecule has 1 aromatic rings. The van der Waals surface area contributed by atoms with Crippen LogP contribution in [0, 0.1) is 23.7 Å². The van der Waals surface area contributed by atoms with E-state index < -0.39 is 84.0 Å². The lowest BCUT2D eigenvalue weighted by Crippen LogP contribution is -2.58. The van der Waals surface area contributed by atoms with Gasteiger partial charge in [0.25, 0.3) is 0 Å². The smallest absolute Gasteiger partial charge is 0.408 e. The summed E-state index contributed by atoms with van der Waals surface area (Å²) in [5.74, 6) is -1.95. The number of aliphatic hydroxyl groups is 1. The van der Waals surface area contributed by atoms with Gasteiger partial charge in [0.2, 0.25) is 36.3 Å². The number of carbonyl (C=O) groups is 6. The Balaban J connectivity index is 2.11. The zero-order valence-electron chi connectivity index (χ0n) is 36.3. The molecule has 0 aliphatic carbocycles. The van der Waals surface area contributed by atoms with Crippen molar-refractivity contribution in [2.75, 3.05) is 18.8 Å². The Morgan fingerprint density at radius 1 is 0.759 bits per heavy atom. The fraction of sp³-hybridized carbons (Fsp3) is 0.707. The lowest BCUT2D eigenvalue weighted by atomic mass is 9.95. The van der Waals surface area contributed by atoms with Gasteiger partial charge in [-0.3, -0.25) is 24.0 Å². The maximum Gasteiger partial charge on any atom is 0.408 e. The summed E-state index contributed by atoms with van der Waals surface area (Å²) in [5, 5.41) is 27.9. The molecule has 7 N–H and O–H groups in total. The molecule has 2 rings (SSSR count). The van der Waals surface area contributed by atoms with Crippen molar-refractivity contribution in [2.45, 2.75) is 144 Å². The molecule has 0 unspecified atom stereocenters. The van der Waals surface area contributed by atoms with E-state index in [1.807, 2.05) is 26.2 Å². The molecule has 17 heteroatoms. The summed E-state index contributed by atoms with van der Waals surface area (Å²) in [6.07, 6.45) is -0.103. The van der Waals surface area contributed by atoms with Gasteiger partial charge in [0, 0.05) is 6.54 Å². The number of hydrogen-bond acceptors (Lipinski definition) is 11. The number of aliphatic hydroxyl groups excluding tert-OH is 1. The van der Waals surface area contributed by atoms with Crippen molar-refractivity contribution < 1.29 is 48.1 Å². The molecule has 0 aromatic heterocycles. The number of nitrogens with one attached hydrogen (secondary N) is 6. The minimum absolute atomic E-state index is 0.00366. The average Bonchev–Trinajstić information content (AvgIpc) is 3.58. The molecular formula is C41H68N6O10S. The third kappa shape index (κ3) is 16.9. The van der Waals surface area contributed by atoms with Gasteiger partial charge >= 0.3 is 6.09 Å². The second-order valence-electron chi connectivity index (χ2n) is 17.2. The van der Waals surface area contributed by atoms with Gasteiger partial charge in [-0.05, 0) is 87.0 Å². The minimum atomic E-state index is -1.35. The number of ether oxygens (including phenoxy) is 3. The van der Waals surface area contributed by atoms with E-state index in [9.17, 15) is 33.9 Å². The van der Waals surface area contributed by atoms with Crippen LogP contribution in [0.3, 0.4) is 0 Å². The number of amides is 6. The van der Waals surface area contributed by atoms with Gasteiger partial charge < -0.3 is 51.2 Å². The summed E-state index contributed by atoms with van der Waals surface area (Å²) in [6.45, 7) is 19.9. The molecule has 16 nitrogen and oxygen atoms in total. The number of hydrogen-bond donors (Lipinski definition) is 7. The molecule has 0 saturated carbocycles. The van der Waals surface area contributed by atoms with Gasteiger partial charge in [0.05, 0.1) is 18.6 Å². The molecule has 0 bridgehead atoms. The Morgan fingerprint density at radius 2 is 1.33 bits per heavy atom. The number of thioether (sulfide) groups is 1. The van der Waals surface area contributed by atoms with E-state index >= 15 is 0 Å². The van der Waals surface area contributed by atoms with Crippen molar-refractivity contribution in [3.05, 3.63) is 23.8 Å². The minimum Gasteiger partial charge on any atom is -0.454 e. The second-order valence-corrected chi connectivity index (χ2v) is 18.1. The summed E-state index contributed by atoms with van der Waals surface area (Å²) in [5.41, 5.74) is 0.0110. The highest BCUT2D eigenvalue weighted by Gasteiger charge is 2.34. The maximum absolute atomic E-state index is 13.8. The van der Waals surface area contributed by atoms with Crippen molar-refractivity contribution in [1.29, 1.82) is 0 Å². The molecule has 0 radical (unpaired) electrons. The Bertz CT molecular complexity index is 1550. The quantitative estimate of drug-likeness (QED) is 0.0897. The largest absolute Gasteiger partial charge is 0.454 e. The summed E-state index contributed by atoms with van der Waals surface area (Å²) >= 11 is 1.49. The molecule has 6 atom stereocenters. The fourth-order valence-electron chi connectivity index (χ4n) is 6.07. The highest BCUT2D eigenvalue weighted by atomic mass is 32.2. The number of carbonyl (C=O) groups excluding carboxylic acids is 6. The lowest BCUT2D eigenvalue weighted by Gasteiger charge is -2.30. The normalized spacial score (nSPS) is 15.5. The van der Waals surface area contributed by atoms with Crippen LogP contribution >= 0.6 is 11.8 Å². The third-order valence-electron chi connectivity index (χ3n) is 9.19. The predicted octanol–water partition coefficient (Wildman–Crippen LogP) is 3.38. The highest BCUT2D eigenvalue weighted by Crippen LogP contribution is 2.32. The van der Waals surface area contributed by atoms with Gasteiger partial charge in [-0.15, -0.1) is 0 Å². The van der Waals surface area contributed by atoms with E-state index in [2.05, 4.69) is 31.9 Å². The molecule has 0 fully saturated rings. The highest BCUT2D eigenvalue weighted by molar-refractivity contribution is 7.98. The zero-order valence-corrected chi connectivity index (χ0v) is 37.1. The van der Waals surface area contributed by atoms with Crippen molar-refractivity contribution in [3.63, 3.8) is 0 Å². The van der Waals surface area contributed by atoms with Crippen LogP contribution in [-0.2, 0) is 35.3 Å². The SMILES string of the molecule is CSCC[C@H](NC(=O)[C@@H](NC(=O)OC(C)(C)C)C(C)C)C(=O)N[C@@H](CC(C)C)[C@@H](O)CC(=O)N[C@H](C(=O)N[C@H](C(=O)NCc1ccc2c(c1)OCO2)C(C)C)C(C)C. The van der Waals surface area contributed by atoms with E-state index in [1.165, 1.54) is 11.8 Å². The molecule has 6 amide bonds. The molecule has 1 aliphatic heterocycles. The molecule has 0 saturated heterocycles. The van der Waals surface area contributed by atoms with E-state index in [0.717, 1.165) is 5.56 Å². The fourth-order valence-corrected chi connectivity index (χ4v) is 6.54. The topological polar surface area (TPSA) is 223 Å². The van der Waals surface area contributed by atoms with Gasteiger partial charge in [0.15, 0.2) is 11.5 Å². The second kappa shape index (κ2) is 23.4. The first-order chi connectivity index (χ1) is 27.0. The first-order valence-electron chi connectivity index (χ1n) is 20.1. The van der Waals surface area contributed by atoms with Crippen LogP contribution in [0.15, 0.2) is 18.2 Å². The summed E-state index contributed by atoms with van der Waals surface area (Å²) in [7, 11) is 0. The third-order valence-corrected chi connectivity index (χ3v) is 9.84. The molecule has 1 heterocycles. The Morgan fingerprint density at radius 3 is 1.90 bits per heavy atom. The van der Waals surface area contributed by atoms with Crippen LogP contribution in [-0.4, -0.2) is 101 Å². The molecule has 328 valence electrons. The van der Waals surface area contributed by atoms with E-state index in [0.29, 0.717) is 23.7 Å². The van der Waals surface area contributed by atoms with Gasteiger partial charge in [-0.1, -0.05) is 61.5 Å². The number of benzene rings is 1. The Labute approximate surface area is 348 Å². The summed E-state index contributed by atoms with van der Waals surface area (Å²) in [4.78, 5) is 80.0. The molecule has 0 spiro atoms. The van der Waals surface area contributed by atoms with Gasteiger partial charge in [-0.2, -0.15) is 11.8 Å². The van der Waals surface area contributed by atoms with Crippen LogP contribution in [0.5, 0.6) is 11.5 Å². The van der Waals surface area contributed by atoms with Crippen LogP contribution in [0.4, 0.5) is 4.79 Å². The maximum atomic E-state index is 13.8. The van der Waals surface area contributed by atoms with Crippen LogP contribution in [0.1, 0.15) is 101 Å². The van der Waals surface area contributed by atoms with Crippen LogP contribution < -0.4 is 41.4 Å². The number of rotatable bonds is 22. The number of fused-ring (bicyclic) bond motifs is 1. The van der Waals surface area contributed by atoms with E-state index in [-0.39, 0.29) is 43.4 Å². The van der Waals surface area contributed by atoms with Crippen molar-refractivity contribution >= 4 is 47.4 Å². The zero-order chi connectivity index (χ0) is 43.9. The molecular weight excluding hydrogens is 769 g/mol. The monoisotopic (exact) mass is 836 g/mol. The molecule has 1 aliphatic rings. The molecule has 1 aromatic carbocycles. The molecule has 58 heavy (non-hydrogen) atoms. The lowest BCUT2D eigenvalue weighted by molar-refractivity contribution is -0.134. The summed E-state index contributed by atoms with van der Waals surface area (Å²) in [6, 6.07) is 0.546. The van der Waals surface area contributed by atoms with Crippen molar-refractivity contribution in [1.82, 2.24) is 31.9 Å². The van der Waals surface area contributed by atoms with Crippen molar-refractivity contribution in [3.8, 4) is 11.5 Å². The number of alkyl carbamates (subject to hydrolysis) is 1. The first kappa shape index (κ1) is 49.9. The van der Waals surface area contributed by atoms with E-state index in [4.69, 9.17) is 14.2 Å². The summed E-state index contributed by atoms with van der Waals surface area (Å²) < 4.78 is 16.1. The van der Waals surface area contributed by atoms with Crippen molar-refractivity contribution in [2.24, 2.45) is 23.7 Å². The standard InChI is InChI=1S/C41H68N6O10S/c1-22(2)17-28(44-36(50)27(15-16-58-12)43-38(52)35(25(7)8)47-40(54)57-41(9,10)11)29(48)19-32(49)45-34(24(5)6)39(53)46-33(23(3)4)37(51)42-20-26-13-14-30-31(18-26)56-21-55-30/h13-14,18,22-25,27-29,33-35,48H,15-17,19-21H2,1-12H3,(H,42,51)(H,43,52)(H,44,50)(H,45,49)(H,46,53)(H,47,54)/t27-,28-,29-,33-,34-,35-/m0/s1. The Hall–Kier alpha value is -4.25. The first-order valence-corrected chi connectivity index (χ1v) is 21.4. The van der Waals surface area contributed by atoms with Gasteiger partial charge in [-0.25, -0.2) is 4.79 Å². The predicted molar refractivity (Wildman–Crippen MR) is 223 cm³/mol.